The van der Waals surface area contributed by atoms with Gasteiger partial charge in [0.15, 0.2) is 0 Å². The molecule has 3 N–H and O–H groups in total. The highest BCUT2D eigenvalue weighted by atomic mass is 16.5. The van der Waals surface area contributed by atoms with Crippen molar-refractivity contribution < 1.29 is 24.2 Å². The maximum atomic E-state index is 12.9. The molecule has 0 aromatic heterocycles. The van der Waals surface area contributed by atoms with Gasteiger partial charge >= 0.3 is 12.1 Å². The minimum atomic E-state index is -0.849. The van der Waals surface area contributed by atoms with Gasteiger partial charge in [0.05, 0.1) is 10.8 Å². The fourth-order valence-corrected chi connectivity index (χ4v) is 5.49. The Balaban J connectivity index is 1.16. The van der Waals surface area contributed by atoms with Crippen molar-refractivity contribution in [1.29, 1.82) is 0 Å². The summed E-state index contributed by atoms with van der Waals surface area (Å²) in [5, 5.41) is 15.1. The van der Waals surface area contributed by atoms with Crippen LogP contribution in [0.5, 0.6) is 0 Å². The zero-order valence-corrected chi connectivity index (χ0v) is 19.1. The number of rotatable bonds is 8. The third-order valence-electron chi connectivity index (χ3n) is 8.06. The number of alkyl carbamates (subject to hydrolysis) is 1. The van der Waals surface area contributed by atoms with Crippen LogP contribution in [0.3, 0.4) is 0 Å². The number of carboxylic acid groups (broad SMARTS) is 1. The first-order chi connectivity index (χ1) is 16.4. The minimum Gasteiger partial charge on any atom is -0.481 e. The number of nitrogens with one attached hydrogen (secondary N) is 2. The van der Waals surface area contributed by atoms with Crippen LogP contribution in [0.25, 0.3) is 11.1 Å². The quantitative estimate of drug-likeness (QED) is 0.549. The van der Waals surface area contributed by atoms with Gasteiger partial charge in [-0.2, -0.15) is 0 Å². The van der Waals surface area contributed by atoms with Gasteiger partial charge < -0.3 is 20.5 Å². The van der Waals surface area contributed by atoms with Gasteiger partial charge in [0.2, 0.25) is 5.91 Å². The Hall–Kier alpha value is -3.35. The van der Waals surface area contributed by atoms with Crippen LogP contribution >= 0.6 is 0 Å². The SMILES string of the molecule is O=C(NCC1(C(=O)NCC2(C(=O)O)CCC2)CCC1)OCC1c2ccccc2-c2ccccc21. The Morgan fingerprint density at radius 2 is 1.35 bits per heavy atom. The topological polar surface area (TPSA) is 105 Å². The van der Waals surface area contributed by atoms with Crippen molar-refractivity contribution in [1.82, 2.24) is 10.6 Å². The third-order valence-corrected chi connectivity index (χ3v) is 8.06. The van der Waals surface area contributed by atoms with Crippen LogP contribution in [-0.4, -0.2) is 42.8 Å². The summed E-state index contributed by atoms with van der Waals surface area (Å²) in [7, 11) is 0. The standard InChI is InChI=1S/C27H30N2O5/c30-23(28-17-27(24(31)32)13-6-14-27)26(11-5-12-26)16-29-25(33)34-15-22-20-9-3-1-7-18(20)19-8-2-4-10-21(19)22/h1-4,7-10,22H,5-6,11-17H2,(H,28,30)(H,29,33)(H,31,32). The van der Waals surface area contributed by atoms with Gasteiger partial charge in [-0.3, -0.25) is 9.59 Å². The van der Waals surface area contributed by atoms with E-state index < -0.39 is 22.9 Å². The Bertz CT molecular complexity index is 1070. The number of fused-ring (bicyclic) bond motifs is 3. The molecule has 2 fully saturated rings. The van der Waals surface area contributed by atoms with E-state index in [0.717, 1.165) is 24.0 Å². The summed E-state index contributed by atoms with van der Waals surface area (Å²) in [6.45, 7) is 0.559. The molecule has 7 heteroatoms. The lowest BCUT2D eigenvalue weighted by atomic mass is 9.66. The Morgan fingerprint density at radius 3 is 1.85 bits per heavy atom. The number of aliphatic carboxylic acids is 1. The number of benzene rings is 2. The number of carbonyl (C=O) groups excluding carboxylic acids is 2. The highest BCUT2D eigenvalue weighted by Gasteiger charge is 2.48. The summed E-state index contributed by atoms with van der Waals surface area (Å²) in [5.41, 5.74) is 3.12. The van der Waals surface area contributed by atoms with E-state index in [9.17, 15) is 19.5 Å². The van der Waals surface area contributed by atoms with Crippen molar-refractivity contribution in [2.45, 2.75) is 44.4 Å². The summed E-state index contributed by atoms with van der Waals surface area (Å²) >= 11 is 0. The molecule has 2 aromatic rings. The number of hydrogen-bond donors (Lipinski definition) is 3. The summed E-state index contributed by atoms with van der Waals surface area (Å²) in [4.78, 5) is 37.0. The van der Waals surface area contributed by atoms with Crippen molar-refractivity contribution >= 4 is 18.0 Å². The van der Waals surface area contributed by atoms with Crippen LogP contribution in [0.2, 0.25) is 0 Å². The Kier molecular flexibility index (Phi) is 5.80. The minimum absolute atomic E-state index is 0.0196. The molecule has 7 nitrogen and oxygen atoms in total. The molecule has 3 aliphatic rings. The average molecular weight is 463 g/mol. The van der Waals surface area contributed by atoms with E-state index in [2.05, 4.69) is 34.9 Å². The first-order valence-electron chi connectivity index (χ1n) is 12.0. The molecule has 5 rings (SSSR count). The maximum absolute atomic E-state index is 12.9. The second kappa shape index (κ2) is 8.78. The number of ether oxygens (including phenoxy) is 1. The zero-order chi connectivity index (χ0) is 23.8. The van der Waals surface area contributed by atoms with Gasteiger partial charge in [-0.25, -0.2) is 4.79 Å². The van der Waals surface area contributed by atoms with E-state index in [-0.39, 0.29) is 31.5 Å². The van der Waals surface area contributed by atoms with Crippen LogP contribution < -0.4 is 10.6 Å². The highest BCUT2D eigenvalue weighted by Crippen LogP contribution is 2.45. The zero-order valence-electron chi connectivity index (χ0n) is 19.1. The van der Waals surface area contributed by atoms with Crippen LogP contribution in [0.15, 0.2) is 48.5 Å². The van der Waals surface area contributed by atoms with E-state index in [0.29, 0.717) is 25.7 Å². The normalized spacial score (nSPS) is 19.1. The third kappa shape index (κ3) is 3.83. The van der Waals surface area contributed by atoms with Crippen molar-refractivity contribution in [2.24, 2.45) is 10.8 Å². The van der Waals surface area contributed by atoms with E-state index in [1.165, 1.54) is 11.1 Å². The molecule has 0 heterocycles. The molecule has 178 valence electrons. The molecular weight excluding hydrogens is 432 g/mol. The van der Waals surface area contributed by atoms with E-state index in [1.54, 1.807) is 0 Å². The molecule has 0 radical (unpaired) electrons. The van der Waals surface area contributed by atoms with Crippen LogP contribution in [0, 0.1) is 10.8 Å². The maximum Gasteiger partial charge on any atom is 0.407 e. The van der Waals surface area contributed by atoms with Crippen LogP contribution in [-0.2, 0) is 14.3 Å². The molecule has 2 amide bonds. The van der Waals surface area contributed by atoms with Crippen molar-refractivity contribution in [3.05, 3.63) is 59.7 Å². The van der Waals surface area contributed by atoms with Gasteiger partial charge in [-0.05, 0) is 47.9 Å². The number of hydrogen-bond acceptors (Lipinski definition) is 4. The summed E-state index contributed by atoms with van der Waals surface area (Å²) in [6.07, 6.45) is 3.76. The number of amides is 2. The van der Waals surface area contributed by atoms with Gasteiger partial charge in [0.25, 0.3) is 0 Å². The summed E-state index contributed by atoms with van der Waals surface area (Å²) in [5.74, 6) is -1.04. The number of carboxylic acids is 1. The molecule has 0 unspecified atom stereocenters. The molecule has 2 aromatic carbocycles. The van der Waals surface area contributed by atoms with Crippen molar-refractivity contribution in [3.63, 3.8) is 0 Å². The lowest BCUT2D eigenvalue weighted by Crippen LogP contribution is -2.56. The first kappa shape index (κ1) is 22.4. The molecule has 0 saturated heterocycles. The monoisotopic (exact) mass is 462 g/mol. The first-order valence-corrected chi connectivity index (χ1v) is 12.0. The van der Waals surface area contributed by atoms with E-state index in [4.69, 9.17) is 4.74 Å². The smallest absolute Gasteiger partial charge is 0.407 e. The van der Waals surface area contributed by atoms with Crippen molar-refractivity contribution in [3.8, 4) is 11.1 Å². The van der Waals surface area contributed by atoms with Gasteiger partial charge in [-0.15, -0.1) is 0 Å². The largest absolute Gasteiger partial charge is 0.481 e. The van der Waals surface area contributed by atoms with Crippen LogP contribution in [0.4, 0.5) is 4.79 Å². The molecule has 0 bridgehead atoms. The number of carbonyl (C=O) groups is 3. The average Bonchev–Trinajstić information content (AvgIpc) is 3.10. The van der Waals surface area contributed by atoms with E-state index >= 15 is 0 Å². The molecule has 0 atom stereocenters. The van der Waals surface area contributed by atoms with Crippen LogP contribution in [0.1, 0.15) is 55.6 Å². The van der Waals surface area contributed by atoms with E-state index in [1.807, 2.05) is 24.3 Å². The molecular formula is C27H30N2O5. The van der Waals surface area contributed by atoms with Gasteiger partial charge in [-0.1, -0.05) is 61.4 Å². The van der Waals surface area contributed by atoms with Crippen molar-refractivity contribution in [2.75, 3.05) is 19.7 Å². The predicted octanol–water partition coefficient (Wildman–Crippen LogP) is 4.07. The summed E-state index contributed by atoms with van der Waals surface area (Å²) < 4.78 is 5.60. The predicted molar refractivity (Wildman–Crippen MR) is 126 cm³/mol. The fraction of sp³-hybridized carbons (Fsp3) is 0.444. The van der Waals surface area contributed by atoms with Gasteiger partial charge in [0.1, 0.15) is 6.61 Å². The summed E-state index contributed by atoms with van der Waals surface area (Å²) in [6, 6.07) is 16.3. The second-order valence-electron chi connectivity index (χ2n) is 9.93. The molecule has 0 spiro atoms. The molecule has 34 heavy (non-hydrogen) atoms. The lowest BCUT2D eigenvalue weighted by molar-refractivity contribution is -0.155. The fourth-order valence-electron chi connectivity index (χ4n) is 5.49. The van der Waals surface area contributed by atoms with Gasteiger partial charge in [0, 0.05) is 19.0 Å². The lowest BCUT2D eigenvalue weighted by Gasteiger charge is -2.42. The Labute approximate surface area is 198 Å². The Morgan fingerprint density at radius 1 is 0.824 bits per heavy atom. The molecule has 3 aliphatic carbocycles. The molecule has 0 aliphatic heterocycles. The molecule has 2 saturated carbocycles. The second-order valence-corrected chi connectivity index (χ2v) is 9.93. The highest BCUT2D eigenvalue weighted by molar-refractivity contribution is 5.85.